The number of methoxy groups -OCH3 is 1. The fourth-order valence-corrected chi connectivity index (χ4v) is 1.55. The second kappa shape index (κ2) is 3.99. The van der Waals surface area contributed by atoms with Gasteiger partial charge in [0.05, 0.1) is 7.11 Å². The van der Waals surface area contributed by atoms with Crippen molar-refractivity contribution in [3.05, 3.63) is 29.8 Å². The lowest BCUT2D eigenvalue weighted by molar-refractivity contribution is 0.409. The maximum absolute atomic E-state index is 5.77. The Labute approximate surface area is 84.5 Å². The van der Waals surface area contributed by atoms with Gasteiger partial charge in [-0.2, -0.15) is 0 Å². The normalized spacial score (nSPS) is 24.8. The van der Waals surface area contributed by atoms with Crippen LogP contribution in [0.2, 0.25) is 0 Å². The third-order valence-corrected chi connectivity index (χ3v) is 2.38. The van der Waals surface area contributed by atoms with E-state index >= 15 is 0 Å². The van der Waals surface area contributed by atoms with Crippen molar-refractivity contribution in [2.24, 2.45) is 5.73 Å². The molecule has 0 radical (unpaired) electrons. The highest BCUT2D eigenvalue weighted by atomic mass is 35.5. The van der Waals surface area contributed by atoms with Crippen molar-refractivity contribution in [3.63, 3.8) is 0 Å². The third kappa shape index (κ3) is 1.95. The number of nitrogens with two attached hydrogens (primary N) is 1. The van der Waals surface area contributed by atoms with E-state index in [0.29, 0.717) is 12.0 Å². The number of ether oxygens (including phenoxy) is 1. The molecule has 1 aliphatic carbocycles. The van der Waals surface area contributed by atoms with Gasteiger partial charge in [0.1, 0.15) is 5.75 Å². The standard InChI is InChI=1S/C10H13NO.ClH/c1-12-10-5-3-2-4-7(10)8-6-9(8)11;/h2-5,8-9H,6,11H2,1H3;1H/t8-,9-;/m0./s1. The van der Waals surface area contributed by atoms with E-state index in [1.165, 1.54) is 5.56 Å². The molecule has 0 heterocycles. The molecule has 1 fully saturated rings. The van der Waals surface area contributed by atoms with Crippen molar-refractivity contribution in [3.8, 4) is 5.75 Å². The summed E-state index contributed by atoms with van der Waals surface area (Å²) in [5.74, 6) is 1.50. The van der Waals surface area contributed by atoms with Crippen LogP contribution in [0.4, 0.5) is 0 Å². The summed E-state index contributed by atoms with van der Waals surface area (Å²) < 4.78 is 5.24. The zero-order chi connectivity index (χ0) is 8.55. The van der Waals surface area contributed by atoms with Gasteiger partial charge in [0.15, 0.2) is 0 Å². The lowest BCUT2D eigenvalue weighted by atomic mass is 10.1. The van der Waals surface area contributed by atoms with E-state index in [-0.39, 0.29) is 12.4 Å². The first-order valence-electron chi connectivity index (χ1n) is 4.21. The third-order valence-electron chi connectivity index (χ3n) is 2.38. The Hall–Kier alpha value is -0.730. The fraction of sp³-hybridized carbons (Fsp3) is 0.400. The zero-order valence-corrected chi connectivity index (χ0v) is 8.38. The van der Waals surface area contributed by atoms with Crippen LogP contribution in [0.3, 0.4) is 0 Å². The van der Waals surface area contributed by atoms with Crippen molar-refractivity contribution in [1.82, 2.24) is 0 Å². The van der Waals surface area contributed by atoms with Crippen molar-refractivity contribution in [1.29, 1.82) is 0 Å². The minimum Gasteiger partial charge on any atom is -0.496 e. The molecular weight excluding hydrogens is 186 g/mol. The second-order valence-corrected chi connectivity index (χ2v) is 3.25. The van der Waals surface area contributed by atoms with Gasteiger partial charge in [0.2, 0.25) is 0 Å². The Morgan fingerprint density at radius 3 is 2.54 bits per heavy atom. The quantitative estimate of drug-likeness (QED) is 0.790. The summed E-state index contributed by atoms with van der Waals surface area (Å²) in [6.07, 6.45) is 1.10. The van der Waals surface area contributed by atoms with Gasteiger partial charge in [-0.25, -0.2) is 0 Å². The predicted octanol–water partition coefficient (Wildman–Crippen LogP) is 1.93. The first-order valence-corrected chi connectivity index (χ1v) is 4.21. The molecule has 2 N–H and O–H groups in total. The van der Waals surface area contributed by atoms with E-state index in [2.05, 4.69) is 6.07 Å². The lowest BCUT2D eigenvalue weighted by Crippen LogP contribution is -2.01. The number of rotatable bonds is 2. The molecular formula is C10H14ClNO. The highest BCUT2D eigenvalue weighted by molar-refractivity contribution is 5.85. The Morgan fingerprint density at radius 2 is 2.00 bits per heavy atom. The molecule has 2 rings (SSSR count). The maximum Gasteiger partial charge on any atom is 0.122 e. The molecule has 13 heavy (non-hydrogen) atoms. The highest BCUT2D eigenvalue weighted by Gasteiger charge is 2.36. The second-order valence-electron chi connectivity index (χ2n) is 3.25. The minimum absolute atomic E-state index is 0. The predicted molar refractivity (Wildman–Crippen MR) is 55.6 cm³/mol. The first kappa shape index (κ1) is 10.4. The van der Waals surface area contributed by atoms with Gasteiger partial charge < -0.3 is 10.5 Å². The van der Waals surface area contributed by atoms with Crippen LogP contribution in [-0.4, -0.2) is 13.2 Å². The summed E-state index contributed by atoms with van der Waals surface area (Å²) in [6.45, 7) is 0. The fourth-order valence-electron chi connectivity index (χ4n) is 1.55. The van der Waals surface area contributed by atoms with Crippen LogP contribution in [-0.2, 0) is 0 Å². The molecule has 1 aromatic carbocycles. The van der Waals surface area contributed by atoms with E-state index in [9.17, 15) is 0 Å². The zero-order valence-electron chi connectivity index (χ0n) is 7.57. The largest absolute Gasteiger partial charge is 0.496 e. The van der Waals surface area contributed by atoms with Crippen LogP contribution in [0.1, 0.15) is 17.9 Å². The van der Waals surface area contributed by atoms with Crippen LogP contribution in [0.25, 0.3) is 0 Å². The van der Waals surface area contributed by atoms with Gasteiger partial charge >= 0.3 is 0 Å². The number of hydrogen-bond acceptors (Lipinski definition) is 2. The van der Waals surface area contributed by atoms with Crippen molar-refractivity contribution >= 4 is 12.4 Å². The molecule has 1 aliphatic rings. The van der Waals surface area contributed by atoms with E-state index in [1.807, 2.05) is 18.2 Å². The van der Waals surface area contributed by atoms with Crippen molar-refractivity contribution < 1.29 is 4.74 Å². The maximum atomic E-state index is 5.77. The molecule has 2 atom stereocenters. The molecule has 0 amide bonds. The van der Waals surface area contributed by atoms with Gasteiger partial charge in [-0.1, -0.05) is 18.2 Å². The summed E-state index contributed by atoms with van der Waals surface area (Å²) in [7, 11) is 1.70. The van der Waals surface area contributed by atoms with Gasteiger partial charge in [0.25, 0.3) is 0 Å². The van der Waals surface area contributed by atoms with Crippen molar-refractivity contribution in [2.45, 2.75) is 18.4 Å². The van der Waals surface area contributed by atoms with E-state index in [1.54, 1.807) is 7.11 Å². The molecule has 1 aromatic rings. The van der Waals surface area contributed by atoms with Crippen LogP contribution in [0, 0.1) is 0 Å². The topological polar surface area (TPSA) is 35.2 Å². The summed E-state index contributed by atoms with van der Waals surface area (Å²) in [5, 5.41) is 0. The van der Waals surface area contributed by atoms with Crippen LogP contribution in [0.15, 0.2) is 24.3 Å². The molecule has 0 aliphatic heterocycles. The monoisotopic (exact) mass is 199 g/mol. The van der Waals surface area contributed by atoms with Crippen molar-refractivity contribution in [2.75, 3.05) is 7.11 Å². The molecule has 2 nitrogen and oxygen atoms in total. The first-order chi connectivity index (χ1) is 5.83. The molecule has 0 aromatic heterocycles. The van der Waals surface area contributed by atoms with Gasteiger partial charge in [-0.15, -0.1) is 12.4 Å². The van der Waals surface area contributed by atoms with E-state index in [4.69, 9.17) is 10.5 Å². The number of para-hydroxylation sites is 1. The number of hydrogen-bond donors (Lipinski definition) is 1. The molecule has 1 saturated carbocycles. The lowest BCUT2D eigenvalue weighted by Gasteiger charge is -2.05. The Balaban J connectivity index is 0.000000845. The average Bonchev–Trinajstić information content (AvgIpc) is 2.83. The highest BCUT2D eigenvalue weighted by Crippen LogP contribution is 2.42. The molecule has 0 bridgehead atoms. The smallest absolute Gasteiger partial charge is 0.122 e. The summed E-state index contributed by atoms with van der Waals surface area (Å²) in [4.78, 5) is 0. The summed E-state index contributed by atoms with van der Waals surface area (Å²) >= 11 is 0. The number of halogens is 1. The molecule has 3 heteroatoms. The van der Waals surface area contributed by atoms with Crippen LogP contribution >= 0.6 is 12.4 Å². The molecule has 72 valence electrons. The van der Waals surface area contributed by atoms with Gasteiger partial charge in [-0.3, -0.25) is 0 Å². The molecule has 0 spiro atoms. The SMILES string of the molecule is COc1ccccc1[C@@H]1C[C@@H]1N.Cl. The van der Waals surface area contributed by atoms with Gasteiger partial charge in [0, 0.05) is 12.0 Å². The average molecular weight is 200 g/mol. The summed E-state index contributed by atoms with van der Waals surface area (Å²) in [5.41, 5.74) is 7.02. The Kier molecular flexibility index (Phi) is 3.17. The minimum atomic E-state index is 0. The molecule has 0 saturated heterocycles. The Bertz CT molecular complexity index is 290. The Morgan fingerprint density at radius 1 is 1.38 bits per heavy atom. The van der Waals surface area contributed by atoms with E-state index < -0.39 is 0 Å². The summed E-state index contributed by atoms with van der Waals surface area (Å²) in [6, 6.07) is 8.44. The van der Waals surface area contributed by atoms with E-state index in [0.717, 1.165) is 12.2 Å². The van der Waals surface area contributed by atoms with Crippen LogP contribution < -0.4 is 10.5 Å². The molecule has 0 unspecified atom stereocenters. The van der Waals surface area contributed by atoms with Crippen LogP contribution in [0.5, 0.6) is 5.75 Å². The van der Waals surface area contributed by atoms with Gasteiger partial charge in [-0.05, 0) is 18.1 Å². The number of benzene rings is 1.